The van der Waals surface area contributed by atoms with E-state index in [1.54, 1.807) is 0 Å². The Balaban J connectivity index is 2.71. The lowest BCUT2D eigenvalue weighted by Gasteiger charge is -2.07. The molecule has 0 unspecified atom stereocenters. The van der Waals surface area contributed by atoms with Crippen molar-refractivity contribution in [1.29, 1.82) is 0 Å². The van der Waals surface area contributed by atoms with Gasteiger partial charge in [0.05, 0.1) is 0 Å². The molecule has 0 atom stereocenters. The summed E-state index contributed by atoms with van der Waals surface area (Å²) >= 11 is 3.37. The predicted octanol–water partition coefficient (Wildman–Crippen LogP) is 2.90. The van der Waals surface area contributed by atoms with Gasteiger partial charge in [-0.05, 0) is 37.6 Å². The lowest BCUT2D eigenvalue weighted by Crippen LogP contribution is -2.28. The third kappa shape index (κ3) is 3.38. The van der Waals surface area contributed by atoms with Crippen molar-refractivity contribution in [3.05, 3.63) is 28.2 Å². The van der Waals surface area contributed by atoms with E-state index in [0.29, 0.717) is 6.54 Å². The Kier molecular flexibility index (Phi) is 3.95. The second kappa shape index (κ2) is 5.00. The van der Waals surface area contributed by atoms with Gasteiger partial charge in [0, 0.05) is 16.7 Å². The molecule has 0 fully saturated rings. The van der Waals surface area contributed by atoms with E-state index in [4.69, 9.17) is 0 Å². The molecule has 1 aromatic carbocycles. The van der Waals surface area contributed by atoms with E-state index in [2.05, 4.69) is 26.6 Å². The molecule has 0 spiro atoms. The highest BCUT2D eigenvalue weighted by atomic mass is 79.9. The zero-order valence-corrected chi connectivity index (χ0v) is 9.81. The monoisotopic (exact) mass is 256 g/mol. The molecule has 0 radical (unpaired) electrons. The molecule has 0 aromatic heterocycles. The van der Waals surface area contributed by atoms with E-state index in [1.807, 2.05) is 32.0 Å². The average Bonchev–Trinajstić information content (AvgIpc) is 2.01. The molecular formula is C10H13BrN2O. The van der Waals surface area contributed by atoms with E-state index in [1.165, 1.54) is 0 Å². The molecule has 0 aliphatic rings. The lowest BCUT2D eigenvalue weighted by molar-refractivity contribution is 0.252. The van der Waals surface area contributed by atoms with Gasteiger partial charge in [-0.1, -0.05) is 15.9 Å². The van der Waals surface area contributed by atoms with Crippen LogP contribution in [0.2, 0.25) is 0 Å². The summed E-state index contributed by atoms with van der Waals surface area (Å²) in [7, 11) is 0. The van der Waals surface area contributed by atoms with Crippen molar-refractivity contribution >= 4 is 27.6 Å². The molecule has 76 valence electrons. The number of nitrogens with one attached hydrogen (secondary N) is 2. The normalized spacial score (nSPS) is 9.64. The van der Waals surface area contributed by atoms with E-state index in [-0.39, 0.29) is 6.03 Å². The van der Waals surface area contributed by atoms with Crippen molar-refractivity contribution in [1.82, 2.24) is 5.32 Å². The molecule has 2 N–H and O–H groups in total. The summed E-state index contributed by atoms with van der Waals surface area (Å²) in [5, 5.41) is 5.41. The molecule has 0 aliphatic heterocycles. The van der Waals surface area contributed by atoms with E-state index in [0.717, 1.165) is 15.7 Å². The Bertz CT molecular complexity index is 319. The minimum Gasteiger partial charge on any atom is -0.338 e. The minimum absolute atomic E-state index is 0.176. The molecule has 2 amide bonds. The van der Waals surface area contributed by atoms with Crippen molar-refractivity contribution < 1.29 is 4.79 Å². The first-order valence-corrected chi connectivity index (χ1v) is 5.23. The van der Waals surface area contributed by atoms with E-state index in [9.17, 15) is 4.79 Å². The Hall–Kier alpha value is -1.03. The predicted molar refractivity (Wildman–Crippen MR) is 61.6 cm³/mol. The smallest absolute Gasteiger partial charge is 0.319 e. The van der Waals surface area contributed by atoms with Crippen LogP contribution in [-0.4, -0.2) is 12.6 Å². The van der Waals surface area contributed by atoms with Crippen molar-refractivity contribution in [2.45, 2.75) is 13.8 Å². The summed E-state index contributed by atoms with van der Waals surface area (Å²) in [5.41, 5.74) is 1.90. The number of halogens is 1. The van der Waals surface area contributed by atoms with Gasteiger partial charge < -0.3 is 10.6 Å². The fourth-order valence-corrected chi connectivity index (χ4v) is 1.75. The Labute approximate surface area is 92.0 Å². The van der Waals surface area contributed by atoms with Crippen LogP contribution in [0.15, 0.2) is 22.7 Å². The molecular weight excluding hydrogens is 244 g/mol. The lowest BCUT2D eigenvalue weighted by atomic mass is 10.2. The topological polar surface area (TPSA) is 41.1 Å². The van der Waals surface area contributed by atoms with Gasteiger partial charge in [0.2, 0.25) is 0 Å². The van der Waals surface area contributed by atoms with Crippen molar-refractivity contribution in [3.8, 4) is 0 Å². The maximum atomic E-state index is 11.2. The fourth-order valence-electron chi connectivity index (χ4n) is 1.14. The van der Waals surface area contributed by atoms with Gasteiger partial charge >= 0.3 is 6.03 Å². The van der Waals surface area contributed by atoms with Gasteiger partial charge in [-0.2, -0.15) is 0 Å². The Morgan fingerprint density at radius 2 is 2.14 bits per heavy atom. The fraction of sp³-hybridized carbons (Fsp3) is 0.300. The summed E-state index contributed by atoms with van der Waals surface area (Å²) < 4.78 is 0.962. The molecule has 3 nitrogen and oxygen atoms in total. The first kappa shape index (κ1) is 11.0. The summed E-state index contributed by atoms with van der Waals surface area (Å²) in [5.74, 6) is 0. The highest BCUT2D eigenvalue weighted by Crippen LogP contribution is 2.18. The SMILES string of the molecule is CCNC(=O)Nc1cc(C)cc(Br)c1. The average molecular weight is 257 g/mol. The van der Waals surface area contributed by atoms with Crippen LogP contribution >= 0.6 is 15.9 Å². The van der Waals surface area contributed by atoms with Crippen LogP contribution in [0.25, 0.3) is 0 Å². The van der Waals surface area contributed by atoms with Crippen LogP contribution in [0.3, 0.4) is 0 Å². The number of hydrogen-bond acceptors (Lipinski definition) is 1. The second-order valence-electron chi connectivity index (χ2n) is 3.00. The van der Waals surface area contributed by atoms with Crippen molar-refractivity contribution in [2.75, 3.05) is 11.9 Å². The summed E-state index contributed by atoms with van der Waals surface area (Å²) in [6.45, 7) is 4.48. The minimum atomic E-state index is -0.176. The molecule has 0 bridgehead atoms. The number of urea groups is 1. The molecule has 0 heterocycles. The summed E-state index contributed by atoms with van der Waals surface area (Å²) in [4.78, 5) is 11.2. The van der Waals surface area contributed by atoms with Gasteiger partial charge in [0.1, 0.15) is 0 Å². The highest BCUT2D eigenvalue weighted by molar-refractivity contribution is 9.10. The van der Waals surface area contributed by atoms with E-state index < -0.39 is 0 Å². The molecule has 0 aliphatic carbocycles. The molecule has 4 heteroatoms. The van der Waals surface area contributed by atoms with Crippen LogP contribution < -0.4 is 10.6 Å². The third-order valence-corrected chi connectivity index (χ3v) is 2.10. The largest absolute Gasteiger partial charge is 0.338 e. The molecule has 0 saturated heterocycles. The molecule has 1 aromatic rings. The van der Waals surface area contributed by atoms with Gasteiger partial charge in [-0.3, -0.25) is 0 Å². The number of aryl methyl sites for hydroxylation is 1. The number of hydrogen-bond donors (Lipinski definition) is 2. The number of carbonyl (C=O) groups excluding carboxylic acids is 1. The first-order chi connectivity index (χ1) is 6.61. The van der Waals surface area contributed by atoms with Crippen LogP contribution in [0.1, 0.15) is 12.5 Å². The quantitative estimate of drug-likeness (QED) is 0.840. The van der Waals surface area contributed by atoms with Crippen LogP contribution in [0, 0.1) is 6.92 Å². The van der Waals surface area contributed by atoms with Crippen LogP contribution in [0.5, 0.6) is 0 Å². The number of rotatable bonds is 2. The molecule has 14 heavy (non-hydrogen) atoms. The number of benzene rings is 1. The third-order valence-electron chi connectivity index (χ3n) is 1.64. The van der Waals surface area contributed by atoms with E-state index >= 15 is 0 Å². The number of anilines is 1. The highest BCUT2D eigenvalue weighted by Gasteiger charge is 2.00. The summed E-state index contributed by atoms with van der Waals surface area (Å²) in [6.07, 6.45) is 0. The zero-order chi connectivity index (χ0) is 10.6. The molecule has 1 rings (SSSR count). The van der Waals surface area contributed by atoms with Crippen LogP contribution in [-0.2, 0) is 0 Å². The maximum Gasteiger partial charge on any atom is 0.319 e. The van der Waals surface area contributed by atoms with Crippen molar-refractivity contribution in [3.63, 3.8) is 0 Å². The first-order valence-electron chi connectivity index (χ1n) is 4.44. The maximum absolute atomic E-state index is 11.2. The Morgan fingerprint density at radius 1 is 1.43 bits per heavy atom. The van der Waals surface area contributed by atoms with Gasteiger partial charge in [-0.25, -0.2) is 4.79 Å². The van der Waals surface area contributed by atoms with Crippen molar-refractivity contribution in [2.24, 2.45) is 0 Å². The number of carbonyl (C=O) groups is 1. The summed E-state index contributed by atoms with van der Waals surface area (Å²) in [6, 6.07) is 5.59. The Morgan fingerprint density at radius 3 is 2.71 bits per heavy atom. The van der Waals surface area contributed by atoms with Crippen LogP contribution in [0.4, 0.5) is 10.5 Å². The standard InChI is InChI=1S/C10H13BrN2O/c1-3-12-10(14)13-9-5-7(2)4-8(11)6-9/h4-6H,3H2,1-2H3,(H2,12,13,14). The second-order valence-corrected chi connectivity index (χ2v) is 3.92. The molecule has 0 saturated carbocycles. The van der Waals surface area contributed by atoms with Gasteiger partial charge in [0.25, 0.3) is 0 Å². The van der Waals surface area contributed by atoms with Gasteiger partial charge in [-0.15, -0.1) is 0 Å². The zero-order valence-electron chi connectivity index (χ0n) is 8.23. The number of amides is 2. The van der Waals surface area contributed by atoms with Gasteiger partial charge in [0.15, 0.2) is 0 Å².